The highest BCUT2D eigenvalue weighted by atomic mass is 19.1. The molecule has 3 rings (SSSR count). The van der Waals surface area contributed by atoms with Gasteiger partial charge in [0.05, 0.1) is 30.5 Å². The molecule has 28 heavy (non-hydrogen) atoms. The van der Waals surface area contributed by atoms with E-state index in [1.807, 2.05) is 0 Å². The second-order valence-corrected chi connectivity index (χ2v) is 5.88. The van der Waals surface area contributed by atoms with Gasteiger partial charge in [-0.25, -0.2) is 14.0 Å². The van der Waals surface area contributed by atoms with Crippen molar-refractivity contribution < 1.29 is 33.4 Å². The Morgan fingerprint density at radius 2 is 2.14 bits per heavy atom. The Morgan fingerprint density at radius 3 is 2.75 bits per heavy atom. The van der Waals surface area contributed by atoms with E-state index in [1.165, 1.54) is 17.9 Å². The second kappa shape index (κ2) is 7.42. The molecule has 0 spiro atoms. The van der Waals surface area contributed by atoms with E-state index in [0.717, 1.165) is 18.3 Å². The van der Waals surface area contributed by atoms with Crippen LogP contribution in [0.3, 0.4) is 0 Å². The third-order valence-corrected chi connectivity index (χ3v) is 3.87. The smallest absolute Gasteiger partial charge is 0.414 e. The van der Waals surface area contributed by atoms with E-state index in [0.29, 0.717) is 4.68 Å². The number of carboxylic acid groups (broad SMARTS) is 1. The van der Waals surface area contributed by atoms with Crippen LogP contribution in [0.2, 0.25) is 0 Å². The summed E-state index contributed by atoms with van der Waals surface area (Å²) in [7, 11) is 0. The molecule has 0 aliphatic carbocycles. The summed E-state index contributed by atoms with van der Waals surface area (Å²) in [5.41, 5.74) is -0.683. The van der Waals surface area contributed by atoms with Crippen LogP contribution >= 0.6 is 0 Å². The number of carboxylic acids is 1. The van der Waals surface area contributed by atoms with E-state index in [-0.39, 0.29) is 30.2 Å². The number of amides is 2. The van der Waals surface area contributed by atoms with Crippen molar-refractivity contribution in [3.05, 3.63) is 41.5 Å². The molecule has 2 amide bonds. The van der Waals surface area contributed by atoms with Gasteiger partial charge in [-0.1, -0.05) is 5.21 Å². The summed E-state index contributed by atoms with van der Waals surface area (Å²) in [4.78, 5) is 47.2. The number of carbonyl (C=O) groups excluding carboxylic acids is 3. The zero-order chi connectivity index (χ0) is 20.4. The van der Waals surface area contributed by atoms with E-state index in [4.69, 9.17) is 9.84 Å². The first-order chi connectivity index (χ1) is 13.3. The van der Waals surface area contributed by atoms with Gasteiger partial charge in [-0.15, -0.1) is 5.10 Å². The first-order valence-electron chi connectivity index (χ1n) is 7.98. The molecule has 0 bridgehead atoms. The van der Waals surface area contributed by atoms with Crippen molar-refractivity contribution >= 4 is 29.6 Å². The van der Waals surface area contributed by atoms with Crippen LogP contribution in [0.4, 0.5) is 14.9 Å². The maximum atomic E-state index is 14.4. The molecular weight excluding hydrogens is 377 g/mol. The lowest BCUT2D eigenvalue weighted by Gasteiger charge is -2.14. The van der Waals surface area contributed by atoms with Crippen LogP contribution in [-0.4, -0.2) is 63.2 Å². The van der Waals surface area contributed by atoms with Gasteiger partial charge >= 0.3 is 12.1 Å². The lowest BCUT2D eigenvalue weighted by molar-refractivity contribution is -0.119. The van der Waals surface area contributed by atoms with Crippen LogP contribution in [0.25, 0.3) is 0 Å². The Labute approximate surface area is 156 Å². The van der Waals surface area contributed by atoms with Gasteiger partial charge in [0.25, 0.3) is 5.91 Å². The van der Waals surface area contributed by atoms with Gasteiger partial charge in [0.1, 0.15) is 11.9 Å². The van der Waals surface area contributed by atoms with Crippen molar-refractivity contribution in [2.45, 2.75) is 13.0 Å². The monoisotopic (exact) mass is 391 g/mol. The van der Waals surface area contributed by atoms with Crippen LogP contribution in [0, 0.1) is 5.82 Å². The van der Waals surface area contributed by atoms with Crippen LogP contribution in [0.1, 0.15) is 27.8 Å². The van der Waals surface area contributed by atoms with Crippen molar-refractivity contribution in [3.8, 4) is 0 Å². The fourth-order valence-electron chi connectivity index (χ4n) is 2.53. The summed E-state index contributed by atoms with van der Waals surface area (Å²) < 4.78 is 20.2. The average Bonchev–Trinajstić information content (AvgIpc) is 3.26. The number of benzene rings is 1. The van der Waals surface area contributed by atoms with Crippen LogP contribution < -0.4 is 10.2 Å². The van der Waals surface area contributed by atoms with Gasteiger partial charge in [0.15, 0.2) is 5.69 Å². The molecule has 1 aromatic carbocycles. The van der Waals surface area contributed by atoms with Crippen LogP contribution in [0.15, 0.2) is 24.4 Å². The van der Waals surface area contributed by atoms with Gasteiger partial charge in [-0.3, -0.25) is 14.5 Å². The normalized spacial score (nSPS) is 16.0. The number of aromatic carboxylic acids is 1. The molecule has 146 valence electrons. The lowest BCUT2D eigenvalue weighted by atomic mass is 10.1. The number of halogens is 1. The van der Waals surface area contributed by atoms with Gasteiger partial charge < -0.3 is 15.2 Å². The Morgan fingerprint density at radius 1 is 1.39 bits per heavy atom. The zero-order valence-corrected chi connectivity index (χ0v) is 14.5. The fraction of sp³-hybridized carbons (Fsp3) is 0.250. The highest BCUT2D eigenvalue weighted by Crippen LogP contribution is 2.24. The van der Waals surface area contributed by atoms with E-state index in [1.54, 1.807) is 0 Å². The maximum absolute atomic E-state index is 14.4. The predicted octanol–water partition coefficient (Wildman–Crippen LogP) is 0.265. The maximum Gasteiger partial charge on any atom is 0.414 e. The average molecular weight is 391 g/mol. The molecule has 1 aliphatic rings. The minimum atomic E-state index is -1.38. The third kappa shape index (κ3) is 3.79. The summed E-state index contributed by atoms with van der Waals surface area (Å²) in [6, 6.07) is 3.46. The van der Waals surface area contributed by atoms with E-state index >= 15 is 0 Å². The van der Waals surface area contributed by atoms with Crippen molar-refractivity contribution in [1.82, 2.24) is 20.3 Å². The van der Waals surface area contributed by atoms with E-state index in [9.17, 15) is 23.6 Å². The largest absolute Gasteiger partial charge is 0.476 e. The van der Waals surface area contributed by atoms with Gasteiger partial charge in [-0.2, -0.15) is 4.68 Å². The van der Waals surface area contributed by atoms with Crippen molar-refractivity contribution in [2.24, 2.45) is 0 Å². The third-order valence-electron chi connectivity index (χ3n) is 3.87. The first kappa shape index (κ1) is 18.9. The summed E-state index contributed by atoms with van der Waals surface area (Å²) in [6.07, 6.45) is -0.441. The molecule has 1 saturated heterocycles. The lowest BCUT2D eigenvalue weighted by Crippen LogP contribution is -2.33. The molecule has 11 nitrogen and oxygen atoms in total. The Balaban J connectivity index is 1.76. The minimum absolute atomic E-state index is 0.0941. The molecule has 0 unspecified atom stereocenters. The molecule has 2 aromatic rings. The molecule has 0 saturated carbocycles. The number of nitrogens with zero attached hydrogens (tertiary/aromatic N) is 4. The fourth-order valence-corrected chi connectivity index (χ4v) is 2.53. The topological polar surface area (TPSA) is 144 Å². The van der Waals surface area contributed by atoms with E-state index in [2.05, 4.69) is 15.6 Å². The molecule has 2 N–H and O–H groups in total. The number of anilines is 1. The standard InChI is InChI=1S/C16H14FN5O6/c1-8(23)18-5-10-6-21(16(27)28-10)9-2-3-11(12(17)4-9)14(24)22-7-13(15(25)26)19-20-22/h2-4,7,10H,5-6H2,1H3,(H,18,23)(H,25,26)/t10-/m0/s1. The molecule has 1 fully saturated rings. The molecular formula is C16H14FN5O6. The highest BCUT2D eigenvalue weighted by Gasteiger charge is 2.33. The molecule has 12 heteroatoms. The summed E-state index contributed by atoms with van der Waals surface area (Å²) in [6.45, 7) is 1.54. The molecule has 0 radical (unpaired) electrons. The number of nitrogens with one attached hydrogen (secondary N) is 1. The first-order valence-corrected chi connectivity index (χ1v) is 7.98. The summed E-state index contributed by atoms with van der Waals surface area (Å²) in [5.74, 6) is -3.51. The van der Waals surface area contributed by atoms with E-state index < -0.39 is 35.6 Å². The summed E-state index contributed by atoms with van der Waals surface area (Å²) >= 11 is 0. The van der Waals surface area contributed by atoms with Gasteiger partial charge in [-0.05, 0) is 18.2 Å². The number of cyclic esters (lactones) is 1. The predicted molar refractivity (Wildman–Crippen MR) is 89.4 cm³/mol. The second-order valence-electron chi connectivity index (χ2n) is 5.88. The molecule has 1 aliphatic heterocycles. The van der Waals surface area contributed by atoms with Crippen molar-refractivity contribution in [3.63, 3.8) is 0 Å². The highest BCUT2D eigenvalue weighted by molar-refractivity contribution is 5.97. The number of aromatic nitrogens is 3. The number of ether oxygens (including phenoxy) is 1. The quantitative estimate of drug-likeness (QED) is 0.739. The number of hydrogen-bond donors (Lipinski definition) is 2. The van der Waals surface area contributed by atoms with Crippen LogP contribution in [0.5, 0.6) is 0 Å². The number of carbonyl (C=O) groups is 4. The zero-order valence-electron chi connectivity index (χ0n) is 14.5. The summed E-state index contributed by atoms with van der Waals surface area (Å²) in [5, 5.41) is 18.0. The SMILES string of the molecule is CC(=O)NC[C@H]1CN(c2ccc(C(=O)n3cc(C(=O)O)nn3)c(F)c2)C(=O)O1. The molecule has 2 heterocycles. The molecule has 1 aromatic heterocycles. The van der Waals surface area contributed by atoms with Crippen LogP contribution in [-0.2, 0) is 9.53 Å². The Bertz CT molecular complexity index is 974. The minimum Gasteiger partial charge on any atom is -0.476 e. The van der Waals surface area contributed by atoms with Crippen molar-refractivity contribution in [2.75, 3.05) is 18.0 Å². The number of rotatable bonds is 5. The molecule has 1 atom stereocenters. The Hall–Kier alpha value is -3.83. The Kier molecular flexibility index (Phi) is 5.02. The van der Waals surface area contributed by atoms with Gasteiger partial charge in [0.2, 0.25) is 5.91 Å². The number of hydrogen-bond acceptors (Lipinski definition) is 7. The van der Waals surface area contributed by atoms with Crippen molar-refractivity contribution in [1.29, 1.82) is 0 Å². The van der Waals surface area contributed by atoms with Gasteiger partial charge in [0, 0.05) is 6.92 Å².